The maximum Gasteiger partial charge on any atom is 1.00 e. The first-order valence-electron chi connectivity index (χ1n) is 8.15. The maximum atomic E-state index is 10.1. The molecule has 2 atom stereocenters. The summed E-state index contributed by atoms with van der Waals surface area (Å²) in [7, 11) is 0. The number of benzene rings is 1. The molecule has 1 aliphatic rings. The van der Waals surface area contributed by atoms with Crippen LogP contribution in [0.1, 0.15) is 31.1 Å². The van der Waals surface area contributed by atoms with E-state index in [1.165, 1.54) is 18.2 Å². The van der Waals surface area contributed by atoms with Gasteiger partial charge >= 0.3 is 80.9 Å². The number of hydrogen-bond acceptors (Lipinski definition) is 5. The normalized spacial score (nSPS) is 19.5. The first-order chi connectivity index (χ1) is 12.6. The standard InChI is InChI=1S/C8H11ClO.C7H6O2.C6H8O2.K.Na/c1-6-7(9)4-3-5-8(6,2)10;8-7(9)6-4-2-1-3-5-6;1-2-3-4-5-6(7)8;;/h3-6,10H,1-2H3;1-5H,(H,8,9);2-5H,1H3,(H,7,8);;/q;;;2*+1/p-2/b;;3-2+,5-4+;;. The van der Waals surface area contributed by atoms with E-state index in [2.05, 4.69) is 0 Å². The molecular formula is C21H23ClKNaO5. The SMILES string of the molecule is C/C=C/C=C/C(=O)[O-].CC1C(Cl)=CC=CC1(C)O.O=C([O-])c1ccccc1.[K+].[Na+]. The molecule has 0 amide bonds. The first kappa shape index (κ1) is 33.6. The van der Waals surface area contributed by atoms with E-state index < -0.39 is 17.5 Å². The molecule has 0 fully saturated rings. The van der Waals surface area contributed by atoms with Gasteiger partial charge in [-0.1, -0.05) is 79.2 Å². The summed E-state index contributed by atoms with van der Waals surface area (Å²) in [6.07, 6.45) is 11.1. The van der Waals surface area contributed by atoms with E-state index in [4.69, 9.17) is 11.6 Å². The van der Waals surface area contributed by atoms with Gasteiger partial charge in [-0.2, -0.15) is 0 Å². The molecule has 146 valence electrons. The van der Waals surface area contributed by atoms with E-state index in [0.29, 0.717) is 5.03 Å². The van der Waals surface area contributed by atoms with Crippen molar-refractivity contribution in [3.8, 4) is 0 Å². The van der Waals surface area contributed by atoms with Gasteiger partial charge in [0.05, 0.1) is 17.5 Å². The molecule has 0 spiro atoms. The van der Waals surface area contributed by atoms with Crippen LogP contribution in [-0.4, -0.2) is 22.6 Å². The zero-order valence-electron chi connectivity index (χ0n) is 17.5. The molecule has 8 heteroatoms. The van der Waals surface area contributed by atoms with Crippen molar-refractivity contribution in [1.82, 2.24) is 0 Å². The topological polar surface area (TPSA) is 100 Å². The molecule has 0 saturated heterocycles. The van der Waals surface area contributed by atoms with Gasteiger partial charge in [0.1, 0.15) is 0 Å². The summed E-state index contributed by atoms with van der Waals surface area (Å²) in [6.45, 7) is 5.46. The monoisotopic (exact) mass is 452 g/mol. The molecule has 0 bridgehead atoms. The Morgan fingerprint density at radius 2 is 1.72 bits per heavy atom. The number of aromatic carboxylic acids is 1. The molecule has 2 unspecified atom stereocenters. The largest absolute Gasteiger partial charge is 1.00 e. The fourth-order valence-electron chi connectivity index (χ4n) is 1.72. The Balaban J connectivity index is -0.000000341. The average molecular weight is 453 g/mol. The average Bonchev–Trinajstić information content (AvgIpc) is 2.61. The fourth-order valence-corrected chi connectivity index (χ4v) is 2.02. The van der Waals surface area contributed by atoms with Crippen LogP contribution in [0.5, 0.6) is 0 Å². The van der Waals surface area contributed by atoms with E-state index in [9.17, 15) is 24.9 Å². The minimum Gasteiger partial charge on any atom is -0.545 e. The van der Waals surface area contributed by atoms with Crippen molar-refractivity contribution in [3.05, 3.63) is 83.5 Å². The number of rotatable bonds is 3. The molecule has 0 saturated carbocycles. The van der Waals surface area contributed by atoms with Gasteiger partial charge in [0.25, 0.3) is 0 Å². The Kier molecular flexibility index (Phi) is 21.7. The van der Waals surface area contributed by atoms with Crippen LogP contribution in [0.3, 0.4) is 0 Å². The van der Waals surface area contributed by atoms with Crippen molar-refractivity contribution < 1.29 is 106 Å². The van der Waals surface area contributed by atoms with Gasteiger partial charge in [0.2, 0.25) is 0 Å². The molecule has 0 heterocycles. The summed E-state index contributed by atoms with van der Waals surface area (Å²) in [5.74, 6) is -2.28. The molecule has 0 radical (unpaired) electrons. The fraction of sp³-hybridized carbons (Fsp3) is 0.238. The third-order valence-electron chi connectivity index (χ3n) is 3.52. The Labute approximate surface area is 241 Å². The Morgan fingerprint density at radius 3 is 2.07 bits per heavy atom. The second-order valence-electron chi connectivity index (χ2n) is 5.72. The van der Waals surface area contributed by atoms with Crippen molar-refractivity contribution in [3.63, 3.8) is 0 Å². The van der Waals surface area contributed by atoms with Gasteiger partial charge < -0.3 is 24.9 Å². The number of carboxylic acid groups (broad SMARTS) is 2. The molecule has 1 aromatic carbocycles. The summed E-state index contributed by atoms with van der Waals surface area (Å²) >= 11 is 5.80. The predicted molar refractivity (Wildman–Crippen MR) is 103 cm³/mol. The third-order valence-corrected chi connectivity index (χ3v) is 3.98. The van der Waals surface area contributed by atoms with Crippen molar-refractivity contribution in [2.75, 3.05) is 0 Å². The van der Waals surface area contributed by atoms with Crippen LogP contribution < -0.4 is 91.2 Å². The molecule has 1 N–H and O–H groups in total. The third kappa shape index (κ3) is 16.4. The van der Waals surface area contributed by atoms with Crippen LogP contribution in [0, 0.1) is 5.92 Å². The number of halogens is 1. The van der Waals surface area contributed by atoms with Gasteiger partial charge in [-0.15, -0.1) is 0 Å². The van der Waals surface area contributed by atoms with Gasteiger partial charge in [-0.3, -0.25) is 0 Å². The molecule has 1 aliphatic carbocycles. The Hall–Kier alpha value is 0.00636. The zero-order valence-corrected chi connectivity index (χ0v) is 23.3. The molecular weight excluding hydrogens is 430 g/mol. The molecule has 0 aromatic heterocycles. The number of carbonyl (C=O) groups is 2. The van der Waals surface area contributed by atoms with E-state index >= 15 is 0 Å². The number of carbonyl (C=O) groups excluding carboxylic acids is 2. The zero-order chi connectivity index (χ0) is 20.9. The number of hydrogen-bond donors (Lipinski definition) is 1. The molecule has 5 nitrogen and oxygen atoms in total. The first-order valence-corrected chi connectivity index (χ1v) is 8.53. The quantitative estimate of drug-likeness (QED) is 0.286. The van der Waals surface area contributed by atoms with Crippen molar-refractivity contribution in [2.45, 2.75) is 26.4 Å². The summed E-state index contributed by atoms with van der Waals surface area (Å²) in [6, 6.07) is 8.06. The van der Waals surface area contributed by atoms with Crippen molar-refractivity contribution in [2.24, 2.45) is 5.92 Å². The molecule has 1 aromatic rings. The molecule has 0 aliphatic heterocycles. The summed E-state index contributed by atoms with van der Waals surface area (Å²) in [5, 5.41) is 30.0. The van der Waals surface area contributed by atoms with Crippen LogP contribution >= 0.6 is 11.6 Å². The number of carboxylic acids is 2. The number of allylic oxidation sites excluding steroid dienone is 5. The van der Waals surface area contributed by atoms with Crippen LogP contribution in [0.25, 0.3) is 0 Å². The van der Waals surface area contributed by atoms with Crippen LogP contribution in [-0.2, 0) is 4.79 Å². The summed E-state index contributed by atoms with van der Waals surface area (Å²) in [4.78, 5) is 19.7. The maximum absolute atomic E-state index is 10.1. The number of aliphatic hydroxyl groups is 1. The molecule has 29 heavy (non-hydrogen) atoms. The predicted octanol–water partition coefficient (Wildman–Crippen LogP) is -4.01. The van der Waals surface area contributed by atoms with E-state index in [1.54, 1.807) is 56.4 Å². The molecule has 2 rings (SSSR count). The van der Waals surface area contributed by atoms with Crippen molar-refractivity contribution >= 4 is 23.5 Å². The van der Waals surface area contributed by atoms with Gasteiger partial charge in [-0.25, -0.2) is 0 Å². The van der Waals surface area contributed by atoms with Crippen LogP contribution in [0.4, 0.5) is 0 Å². The minimum absolute atomic E-state index is 0. The van der Waals surface area contributed by atoms with Gasteiger partial charge in [-0.05, 0) is 31.6 Å². The second-order valence-corrected chi connectivity index (χ2v) is 6.15. The summed E-state index contributed by atoms with van der Waals surface area (Å²) < 4.78 is 0. The van der Waals surface area contributed by atoms with E-state index in [1.807, 2.05) is 13.0 Å². The smallest absolute Gasteiger partial charge is 0.545 e. The second kappa shape index (κ2) is 18.7. The summed E-state index contributed by atoms with van der Waals surface area (Å²) in [5.41, 5.74) is -0.552. The Morgan fingerprint density at radius 1 is 1.17 bits per heavy atom. The van der Waals surface area contributed by atoms with Crippen molar-refractivity contribution in [1.29, 1.82) is 0 Å². The van der Waals surface area contributed by atoms with Crippen LogP contribution in [0.15, 0.2) is 77.9 Å². The number of aliphatic carboxylic acids is 1. The van der Waals surface area contributed by atoms with Crippen LogP contribution in [0.2, 0.25) is 0 Å². The minimum atomic E-state index is -1.16. The van der Waals surface area contributed by atoms with E-state index in [-0.39, 0.29) is 92.4 Å². The Bertz CT molecular complexity index is 728. The van der Waals surface area contributed by atoms with E-state index in [0.717, 1.165) is 6.08 Å². The van der Waals surface area contributed by atoms with Gasteiger partial charge in [0, 0.05) is 11.0 Å². The van der Waals surface area contributed by atoms with Gasteiger partial charge in [0.15, 0.2) is 0 Å².